The van der Waals surface area contributed by atoms with Crippen molar-refractivity contribution in [2.24, 2.45) is 7.05 Å². The third kappa shape index (κ3) is 3.07. The van der Waals surface area contributed by atoms with Gasteiger partial charge in [0.25, 0.3) is 5.56 Å². The Morgan fingerprint density at radius 1 is 0.933 bits per heavy atom. The van der Waals surface area contributed by atoms with Crippen LogP contribution in [-0.4, -0.2) is 24.1 Å². The number of hydrogen-bond acceptors (Lipinski definition) is 4. The summed E-state index contributed by atoms with van der Waals surface area (Å²) < 4.78 is 3.56. The number of aryl methyl sites for hydroxylation is 1. The molecule has 4 heterocycles. The van der Waals surface area contributed by atoms with Gasteiger partial charge in [0.05, 0.1) is 15.9 Å². The van der Waals surface area contributed by atoms with Crippen molar-refractivity contribution in [1.29, 1.82) is 0 Å². The van der Waals surface area contributed by atoms with Gasteiger partial charge in [-0.15, -0.1) is 0 Å². The molecule has 0 fully saturated rings. The minimum absolute atomic E-state index is 0.232. The quantitative estimate of drug-likeness (QED) is 0.436. The predicted molar refractivity (Wildman–Crippen MR) is 118 cm³/mol. The molecule has 6 nitrogen and oxygen atoms in total. The fraction of sp³-hybridized carbons (Fsp3) is 0.0435. The van der Waals surface area contributed by atoms with Crippen LogP contribution in [0.5, 0.6) is 0 Å². The van der Waals surface area contributed by atoms with Crippen molar-refractivity contribution in [3.8, 4) is 28.5 Å². The van der Waals surface area contributed by atoms with E-state index in [-0.39, 0.29) is 5.56 Å². The smallest absolute Gasteiger partial charge is 0.269 e. The van der Waals surface area contributed by atoms with Crippen molar-refractivity contribution >= 4 is 22.5 Å². The molecule has 4 aromatic heterocycles. The van der Waals surface area contributed by atoms with E-state index in [0.717, 1.165) is 16.8 Å². The van der Waals surface area contributed by atoms with Crippen LogP contribution >= 0.6 is 11.6 Å². The Balaban J connectivity index is 1.73. The van der Waals surface area contributed by atoms with E-state index in [9.17, 15) is 4.79 Å². The van der Waals surface area contributed by atoms with E-state index in [1.807, 2.05) is 43.6 Å². The second-order valence-corrected chi connectivity index (χ2v) is 7.32. The van der Waals surface area contributed by atoms with Crippen LogP contribution in [0, 0.1) is 0 Å². The standard InChI is InChI=1S/C23H16ClN5O/c1-28-12-2-3-20(28)15-4-6-16(7-5-15)22-27-19-10-11-25-14-18(19)23(30)29(22)21-9-8-17(24)13-26-21/h2-14H,1H3. The van der Waals surface area contributed by atoms with Crippen LogP contribution in [-0.2, 0) is 7.05 Å². The monoisotopic (exact) mass is 413 g/mol. The normalized spacial score (nSPS) is 11.1. The fourth-order valence-corrected chi connectivity index (χ4v) is 3.60. The van der Waals surface area contributed by atoms with Crippen LogP contribution in [0.4, 0.5) is 0 Å². The average Bonchev–Trinajstić information content (AvgIpc) is 3.20. The van der Waals surface area contributed by atoms with Crippen molar-refractivity contribution in [2.75, 3.05) is 0 Å². The molecule has 30 heavy (non-hydrogen) atoms. The third-order valence-corrected chi connectivity index (χ3v) is 5.22. The second kappa shape index (κ2) is 7.24. The van der Waals surface area contributed by atoms with E-state index >= 15 is 0 Å². The summed E-state index contributed by atoms with van der Waals surface area (Å²) in [5.41, 5.74) is 3.34. The highest BCUT2D eigenvalue weighted by atomic mass is 35.5. The summed E-state index contributed by atoms with van der Waals surface area (Å²) in [7, 11) is 2.01. The molecule has 0 saturated heterocycles. The van der Waals surface area contributed by atoms with Gasteiger partial charge >= 0.3 is 0 Å². The van der Waals surface area contributed by atoms with Gasteiger partial charge in [0.1, 0.15) is 11.6 Å². The van der Waals surface area contributed by atoms with Crippen molar-refractivity contribution in [1.82, 2.24) is 24.1 Å². The zero-order valence-corrected chi connectivity index (χ0v) is 16.8. The Hall–Kier alpha value is -3.77. The van der Waals surface area contributed by atoms with Gasteiger partial charge in [-0.2, -0.15) is 0 Å². The third-order valence-electron chi connectivity index (χ3n) is 4.99. The van der Waals surface area contributed by atoms with E-state index in [2.05, 4.69) is 20.6 Å². The van der Waals surface area contributed by atoms with Crippen molar-refractivity contribution < 1.29 is 0 Å². The maximum atomic E-state index is 13.3. The highest BCUT2D eigenvalue weighted by Crippen LogP contribution is 2.26. The molecule has 146 valence electrons. The largest absolute Gasteiger partial charge is 0.351 e. The first-order valence-corrected chi connectivity index (χ1v) is 9.70. The molecule has 7 heteroatoms. The van der Waals surface area contributed by atoms with Crippen molar-refractivity contribution in [3.63, 3.8) is 0 Å². The average molecular weight is 414 g/mol. The molecule has 0 spiro atoms. The van der Waals surface area contributed by atoms with Gasteiger partial charge in [-0.25, -0.2) is 14.5 Å². The van der Waals surface area contributed by atoms with Crippen LogP contribution < -0.4 is 5.56 Å². The molecular formula is C23H16ClN5O. The van der Waals surface area contributed by atoms with Crippen LogP contribution in [0.25, 0.3) is 39.4 Å². The predicted octanol–water partition coefficient (Wildman–Crippen LogP) is 4.50. The van der Waals surface area contributed by atoms with E-state index in [1.165, 1.54) is 17.0 Å². The first-order chi connectivity index (χ1) is 14.6. The maximum Gasteiger partial charge on any atom is 0.269 e. The molecule has 0 N–H and O–H groups in total. The Kier molecular flexibility index (Phi) is 4.41. The number of nitrogens with zero attached hydrogens (tertiary/aromatic N) is 5. The molecule has 0 saturated carbocycles. The summed E-state index contributed by atoms with van der Waals surface area (Å²) in [5.74, 6) is 0.955. The second-order valence-electron chi connectivity index (χ2n) is 6.89. The number of pyridine rings is 2. The first kappa shape index (κ1) is 18.3. The van der Waals surface area contributed by atoms with E-state index in [0.29, 0.717) is 27.6 Å². The number of fused-ring (bicyclic) bond motifs is 1. The summed E-state index contributed by atoms with van der Waals surface area (Å²) in [6, 6.07) is 17.2. The SMILES string of the molecule is Cn1cccc1-c1ccc(-c2nc3ccncc3c(=O)n2-c2ccc(Cl)cn2)cc1. The summed E-state index contributed by atoms with van der Waals surface area (Å²) in [6.45, 7) is 0. The molecule has 5 aromatic rings. The first-order valence-electron chi connectivity index (χ1n) is 9.33. The summed E-state index contributed by atoms with van der Waals surface area (Å²) in [4.78, 5) is 26.5. The molecule has 0 aliphatic carbocycles. The molecule has 0 bridgehead atoms. The summed E-state index contributed by atoms with van der Waals surface area (Å²) in [6.07, 6.45) is 6.67. The van der Waals surface area contributed by atoms with Crippen molar-refractivity contribution in [3.05, 3.63) is 94.8 Å². The lowest BCUT2D eigenvalue weighted by atomic mass is 10.1. The van der Waals surface area contributed by atoms with Gasteiger partial charge in [0, 0.05) is 43.1 Å². The Labute approximate surface area is 177 Å². The number of aromatic nitrogens is 5. The van der Waals surface area contributed by atoms with E-state index < -0.39 is 0 Å². The molecule has 0 radical (unpaired) electrons. The molecular weight excluding hydrogens is 398 g/mol. The maximum absolute atomic E-state index is 13.3. The molecule has 0 aliphatic heterocycles. The lowest BCUT2D eigenvalue weighted by molar-refractivity contribution is 0.929. The van der Waals surface area contributed by atoms with E-state index in [4.69, 9.17) is 16.6 Å². The minimum atomic E-state index is -0.232. The number of benzene rings is 1. The zero-order valence-electron chi connectivity index (χ0n) is 16.0. The number of rotatable bonds is 3. The van der Waals surface area contributed by atoms with Gasteiger partial charge < -0.3 is 4.57 Å². The molecule has 0 amide bonds. The molecule has 1 aromatic carbocycles. The van der Waals surface area contributed by atoms with Crippen LogP contribution in [0.2, 0.25) is 5.02 Å². The minimum Gasteiger partial charge on any atom is -0.351 e. The van der Waals surface area contributed by atoms with Gasteiger partial charge in [-0.05, 0) is 35.9 Å². The van der Waals surface area contributed by atoms with Crippen molar-refractivity contribution in [2.45, 2.75) is 0 Å². The van der Waals surface area contributed by atoms with Gasteiger partial charge in [-0.1, -0.05) is 35.9 Å². The molecule has 5 rings (SSSR count). The molecule has 0 aliphatic rings. The number of halogens is 1. The summed E-state index contributed by atoms with van der Waals surface area (Å²) in [5, 5.41) is 0.925. The summed E-state index contributed by atoms with van der Waals surface area (Å²) >= 11 is 5.99. The van der Waals surface area contributed by atoms with Gasteiger partial charge in [0.15, 0.2) is 0 Å². The zero-order chi connectivity index (χ0) is 20.7. The molecule has 0 unspecified atom stereocenters. The Morgan fingerprint density at radius 2 is 1.73 bits per heavy atom. The Morgan fingerprint density at radius 3 is 2.43 bits per heavy atom. The number of hydrogen-bond donors (Lipinski definition) is 0. The van der Waals surface area contributed by atoms with Crippen LogP contribution in [0.3, 0.4) is 0 Å². The topological polar surface area (TPSA) is 65.6 Å². The van der Waals surface area contributed by atoms with Crippen LogP contribution in [0.1, 0.15) is 0 Å². The lowest BCUT2D eigenvalue weighted by Gasteiger charge is -2.13. The van der Waals surface area contributed by atoms with Gasteiger partial charge in [0.2, 0.25) is 0 Å². The highest BCUT2D eigenvalue weighted by Gasteiger charge is 2.16. The fourth-order valence-electron chi connectivity index (χ4n) is 3.49. The highest BCUT2D eigenvalue weighted by molar-refractivity contribution is 6.30. The molecule has 0 atom stereocenters. The Bertz CT molecular complexity index is 1420. The van der Waals surface area contributed by atoms with Gasteiger partial charge in [-0.3, -0.25) is 9.78 Å². The van der Waals surface area contributed by atoms with E-state index in [1.54, 1.807) is 24.4 Å². The van der Waals surface area contributed by atoms with Crippen LogP contribution in [0.15, 0.2) is 84.2 Å². The lowest BCUT2D eigenvalue weighted by Crippen LogP contribution is -2.23.